The Morgan fingerprint density at radius 2 is 1.83 bits per heavy atom. The number of amides is 1. The SMILES string of the molecule is CCN(CC)c1ccc(/C=N\NC(=O)CSc2nc3ccccc3n2Cc2ccccc2)c(O)c1. The molecule has 7 nitrogen and oxygen atoms in total. The highest BCUT2D eigenvalue weighted by Gasteiger charge is 2.13. The van der Waals surface area contributed by atoms with Crippen molar-refractivity contribution in [3.63, 3.8) is 0 Å². The van der Waals surface area contributed by atoms with E-state index in [1.54, 1.807) is 12.1 Å². The molecule has 0 aliphatic carbocycles. The van der Waals surface area contributed by atoms with Gasteiger partial charge in [0.15, 0.2) is 5.16 Å². The van der Waals surface area contributed by atoms with Crippen LogP contribution in [0.5, 0.6) is 5.75 Å². The van der Waals surface area contributed by atoms with Crippen molar-refractivity contribution in [1.82, 2.24) is 15.0 Å². The van der Waals surface area contributed by atoms with E-state index in [9.17, 15) is 9.90 Å². The van der Waals surface area contributed by atoms with Gasteiger partial charge in [0.25, 0.3) is 5.91 Å². The normalized spacial score (nSPS) is 11.3. The van der Waals surface area contributed by atoms with E-state index in [1.165, 1.54) is 23.5 Å². The molecule has 0 spiro atoms. The summed E-state index contributed by atoms with van der Waals surface area (Å²) in [7, 11) is 0. The van der Waals surface area contributed by atoms with Gasteiger partial charge in [-0.25, -0.2) is 10.4 Å². The number of nitrogens with one attached hydrogen (secondary N) is 1. The van der Waals surface area contributed by atoms with E-state index in [2.05, 4.69) is 46.0 Å². The topological polar surface area (TPSA) is 82.8 Å². The number of nitrogens with zero attached hydrogens (tertiary/aromatic N) is 4. The van der Waals surface area contributed by atoms with E-state index in [1.807, 2.05) is 48.5 Å². The monoisotopic (exact) mass is 487 g/mol. The van der Waals surface area contributed by atoms with Gasteiger partial charge in [0.2, 0.25) is 0 Å². The van der Waals surface area contributed by atoms with Gasteiger partial charge in [0.05, 0.1) is 29.5 Å². The van der Waals surface area contributed by atoms with E-state index in [0.29, 0.717) is 12.1 Å². The number of anilines is 1. The van der Waals surface area contributed by atoms with Gasteiger partial charge in [-0.15, -0.1) is 0 Å². The maximum Gasteiger partial charge on any atom is 0.250 e. The van der Waals surface area contributed by atoms with Crippen LogP contribution in [-0.2, 0) is 11.3 Å². The fraction of sp³-hybridized carbons (Fsp3) is 0.222. The molecule has 0 aliphatic heterocycles. The molecule has 4 aromatic rings. The molecule has 2 N–H and O–H groups in total. The van der Waals surface area contributed by atoms with Crippen LogP contribution in [0.2, 0.25) is 0 Å². The maximum absolute atomic E-state index is 12.4. The van der Waals surface area contributed by atoms with Crippen LogP contribution in [0.1, 0.15) is 25.0 Å². The number of thioether (sulfide) groups is 1. The predicted octanol–water partition coefficient (Wildman–Crippen LogP) is 4.88. The van der Waals surface area contributed by atoms with Gasteiger partial charge >= 0.3 is 0 Å². The molecule has 1 amide bonds. The number of carbonyl (C=O) groups is 1. The third-order valence-electron chi connectivity index (χ3n) is 5.67. The van der Waals surface area contributed by atoms with Crippen molar-refractivity contribution in [3.8, 4) is 5.75 Å². The molecular weight excluding hydrogens is 458 g/mol. The fourth-order valence-electron chi connectivity index (χ4n) is 3.85. The molecule has 3 aromatic carbocycles. The molecule has 0 bridgehead atoms. The minimum absolute atomic E-state index is 0.122. The van der Waals surface area contributed by atoms with Crippen molar-refractivity contribution < 1.29 is 9.90 Å². The molecule has 0 aliphatic rings. The zero-order valence-electron chi connectivity index (χ0n) is 19.9. The van der Waals surface area contributed by atoms with Crippen LogP contribution >= 0.6 is 11.8 Å². The van der Waals surface area contributed by atoms with E-state index in [4.69, 9.17) is 4.98 Å². The van der Waals surface area contributed by atoms with E-state index < -0.39 is 0 Å². The molecule has 4 rings (SSSR count). The lowest BCUT2D eigenvalue weighted by atomic mass is 10.2. The third-order valence-corrected chi connectivity index (χ3v) is 6.65. The highest BCUT2D eigenvalue weighted by Crippen LogP contribution is 2.26. The molecule has 0 saturated heterocycles. The molecule has 0 saturated carbocycles. The number of aromatic hydroxyl groups is 1. The van der Waals surface area contributed by atoms with E-state index in [-0.39, 0.29) is 17.4 Å². The number of hydrazone groups is 1. The highest BCUT2D eigenvalue weighted by molar-refractivity contribution is 7.99. The largest absolute Gasteiger partial charge is 0.507 e. The number of phenols is 1. The van der Waals surface area contributed by atoms with Crippen molar-refractivity contribution in [2.75, 3.05) is 23.7 Å². The molecule has 8 heteroatoms. The predicted molar refractivity (Wildman–Crippen MR) is 143 cm³/mol. The van der Waals surface area contributed by atoms with Crippen molar-refractivity contribution >= 4 is 40.6 Å². The van der Waals surface area contributed by atoms with Gasteiger partial charge in [-0.05, 0) is 43.7 Å². The Kier molecular flexibility index (Phi) is 8.05. The Balaban J connectivity index is 1.40. The van der Waals surface area contributed by atoms with E-state index >= 15 is 0 Å². The lowest BCUT2D eigenvalue weighted by molar-refractivity contribution is -0.118. The Bertz CT molecular complexity index is 1320. The first-order chi connectivity index (χ1) is 17.1. The van der Waals surface area contributed by atoms with Crippen LogP contribution in [0.4, 0.5) is 5.69 Å². The smallest absolute Gasteiger partial charge is 0.250 e. The number of para-hydroxylation sites is 2. The number of hydrogen-bond donors (Lipinski definition) is 2. The zero-order valence-corrected chi connectivity index (χ0v) is 20.7. The summed E-state index contributed by atoms with van der Waals surface area (Å²) in [6.07, 6.45) is 1.45. The first-order valence-corrected chi connectivity index (χ1v) is 12.6. The summed E-state index contributed by atoms with van der Waals surface area (Å²) in [5, 5.41) is 15.1. The molecule has 35 heavy (non-hydrogen) atoms. The van der Waals surface area contributed by atoms with Crippen LogP contribution < -0.4 is 10.3 Å². The second kappa shape index (κ2) is 11.6. The number of carbonyl (C=O) groups excluding carboxylic acids is 1. The standard InChI is InChI=1S/C27H29N5O2S/c1-3-31(4-2)22-15-14-21(25(33)16-22)17-28-30-26(34)19-35-27-29-23-12-8-9-13-24(23)32(27)18-20-10-6-5-7-11-20/h5-17,33H,3-4,18-19H2,1-2H3,(H,30,34)/b28-17-. The Morgan fingerprint density at radius 1 is 1.09 bits per heavy atom. The third kappa shape index (κ3) is 6.02. The molecule has 180 valence electrons. The summed E-state index contributed by atoms with van der Waals surface area (Å²) in [6, 6.07) is 23.6. The summed E-state index contributed by atoms with van der Waals surface area (Å²) in [5.41, 5.74) is 7.12. The van der Waals surface area contributed by atoms with E-state index in [0.717, 1.165) is 35.0 Å². The van der Waals surface area contributed by atoms with Crippen molar-refractivity contribution in [1.29, 1.82) is 0 Å². The first kappa shape index (κ1) is 24.3. The van der Waals surface area contributed by atoms with Gasteiger partial charge in [-0.2, -0.15) is 5.10 Å². The first-order valence-electron chi connectivity index (χ1n) is 11.6. The van der Waals surface area contributed by atoms with Crippen LogP contribution in [-0.4, -0.2) is 45.6 Å². The number of phenolic OH excluding ortho intramolecular Hbond substituents is 1. The number of rotatable bonds is 10. The highest BCUT2D eigenvalue weighted by atomic mass is 32.2. The quantitative estimate of drug-likeness (QED) is 0.189. The lowest BCUT2D eigenvalue weighted by Crippen LogP contribution is -2.21. The fourth-order valence-corrected chi connectivity index (χ4v) is 4.65. The average molecular weight is 488 g/mol. The summed E-state index contributed by atoms with van der Waals surface area (Å²) in [4.78, 5) is 19.3. The minimum atomic E-state index is -0.246. The van der Waals surface area contributed by atoms with Gasteiger partial charge in [-0.3, -0.25) is 4.79 Å². The molecule has 0 atom stereocenters. The number of benzene rings is 3. The Morgan fingerprint density at radius 3 is 2.57 bits per heavy atom. The molecule has 0 unspecified atom stereocenters. The van der Waals surface area contributed by atoms with Crippen LogP contribution in [0.25, 0.3) is 11.0 Å². The second-order valence-electron chi connectivity index (χ2n) is 7.95. The Labute approximate surface area is 209 Å². The Hall–Kier alpha value is -3.78. The summed E-state index contributed by atoms with van der Waals surface area (Å²) < 4.78 is 2.13. The van der Waals surface area contributed by atoms with Gasteiger partial charge in [0, 0.05) is 30.4 Å². The summed E-state index contributed by atoms with van der Waals surface area (Å²) >= 11 is 1.37. The number of fused-ring (bicyclic) bond motifs is 1. The van der Waals surface area contributed by atoms with Crippen molar-refractivity contribution in [3.05, 3.63) is 83.9 Å². The van der Waals surface area contributed by atoms with Gasteiger partial charge in [-0.1, -0.05) is 54.2 Å². The second-order valence-corrected chi connectivity index (χ2v) is 8.89. The summed E-state index contributed by atoms with van der Waals surface area (Å²) in [6.45, 7) is 6.53. The molecular formula is C27H29N5O2S. The number of imidazole rings is 1. The number of hydrogen-bond acceptors (Lipinski definition) is 6. The van der Waals surface area contributed by atoms with Crippen LogP contribution in [0, 0.1) is 0 Å². The molecule has 1 heterocycles. The molecule has 1 aromatic heterocycles. The molecule has 0 fully saturated rings. The van der Waals surface area contributed by atoms with Crippen molar-refractivity contribution in [2.45, 2.75) is 25.5 Å². The minimum Gasteiger partial charge on any atom is -0.507 e. The molecule has 0 radical (unpaired) electrons. The van der Waals surface area contributed by atoms with Crippen LogP contribution in [0.3, 0.4) is 0 Å². The zero-order chi connectivity index (χ0) is 24.6. The van der Waals surface area contributed by atoms with Gasteiger partial charge in [0.1, 0.15) is 5.75 Å². The maximum atomic E-state index is 12.4. The number of aromatic nitrogens is 2. The van der Waals surface area contributed by atoms with Crippen LogP contribution in [0.15, 0.2) is 83.1 Å². The lowest BCUT2D eigenvalue weighted by Gasteiger charge is -2.21. The van der Waals surface area contributed by atoms with Crippen molar-refractivity contribution in [2.24, 2.45) is 5.10 Å². The average Bonchev–Trinajstić information content (AvgIpc) is 3.22. The van der Waals surface area contributed by atoms with Gasteiger partial charge < -0.3 is 14.6 Å². The summed E-state index contributed by atoms with van der Waals surface area (Å²) in [5.74, 6) is 0.0442.